The lowest BCUT2D eigenvalue weighted by atomic mass is 10.1. The van der Waals surface area contributed by atoms with E-state index in [0.29, 0.717) is 0 Å². The van der Waals surface area contributed by atoms with Gasteiger partial charge in [0.15, 0.2) is 0 Å². The Balaban J connectivity index is 2.14. The van der Waals surface area contributed by atoms with Crippen molar-refractivity contribution < 1.29 is 0 Å². The number of aliphatic imine (C=N–C) groups is 1. The molecule has 0 amide bonds. The van der Waals surface area contributed by atoms with Gasteiger partial charge in [0, 0.05) is 23.1 Å². The minimum atomic E-state index is 0.973. The number of halogens is 1. The molecule has 17 heavy (non-hydrogen) atoms. The van der Waals surface area contributed by atoms with Crippen molar-refractivity contribution in [2.45, 2.75) is 39.0 Å². The zero-order valence-corrected chi connectivity index (χ0v) is 11.9. The highest BCUT2D eigenvalue weighted by atomic mass is 79.9. The molecule has 1 aromatic carbocycles. The SMILES string of the molecule is CCc1cc(Br)ccc1NC1=NCCCCC1. The van der Waals surface area contributed by atoms with E-state index in [1.165, 1.54) is 30.5 Å². The minimum Gasteiger partial charge on any atom is -0.344 e. The van der Waals surface area contributed by atoms with Crippen LogP contribution in [0.2, 0.25) is 0 Å². The molecule has 0 fully saturated rings. The second-order valence-corrected chi connectivity index (χ2v) is 5.33. The second-order valence-electron chi connectivity index (χ2n) is 4.42. The molecule has 3 heteroatoms. The predicted octanol–water partition coefficient (Wildman–Crippen LogP) is 4.40. The largest absolute Gasteiger partial charge is 0.344 e. The molecule has 0 saturated heterocycles. The van der Waals surface area contributed by atoms with Crippen molar-refractivity contribution in [3.05, 3.63) is 28.2 Å². The Morgan fingerprint density at radius 2 is 2.18 bits per heavy atom. The normalized spacial score (nSPS) is 16.2. The lowest BCUT2D eigenvalue weighted by molar-refractivity contribution is 0.731. The van der Waals surface area contributed by atoms with E-state index in [1.54, 1.807) is 0 Å². The molecule has 2 nitrogen and oxygen atoms in total. The first kappa shape index (κ1) is 12.6. The zero-order valence-electron chi connectivity index (χ0n) is 10.3. The van der Waals surface area contributed by atoms with Crippen molar-refractivity contribution in [2.24, 2.45) is 4.99 Å². The third-order valence-electron chi connectivity index (χ3n) is 3.10. The van der Waals surface area contributed by atoms with Gasteiger partial charge in [-0.05, 0) is 43.0 Å². The van der Waals surface area contributed by atoms with Crippen LogP contribution < -0.4 is 5.32 Å². The van der Waals surface area contributed by atoms with Gasteiger partial charge in [-0.1, -0.05) is 29.3 Å². The molecule has 0 spiro atoms. The van der Waals surface area contributed by atoms with Crippen LogP contribution >= 0.6 is 15.9 Å². The van der Waals surface area contributed by atoms with E-state index in [0.717, 1.165) is 29.7 Å². The van der Waals surface area contributed by atoms with Crippen LogP contribution in [0.3, 0.4) is 0 Å². The smallest absolute Gasteiger partial charge is 0.101 e. The number of aryl methyl sites for hydroxylation is 1. The van der Waals surface area contributed by atoms with E-state index in [9.17, 15) is 0 Å². The fraction of sp³-hybridized carbons (Fsp3) is 0.500. The highest BCUT2D eigenvalue weighted by Gasteiger charge is 2.07. The van der Waals surface area contributed by atoms with E-state index in [-0.39, 0.29) is 0 Å². The van der Waals surface area contributed by atoms with Gasteiger partial charge in [-0.15, -0.1) is 0 Å². The summed E-state index contributed by atoms with van der Waals surface area (Å²) in [5, 5.41) is 3.50. The molecule has 0 saturated carbocycles. The van der Waals surface area contributed by atoms with Gasteiger partial charge in [-0.2, -0.15) is 0 Å². The highest BCUT2D eigenvalue weighted by molar-refractivity contribution is 9.10. The summed E-state index contributed by atoms with van der Waals surface area (Å²) in [6, 6.07) is 6.40. The molecule has 1 heterocycles. The summed E-state index contributed by atoms with van der Waals surface area (Å²) in [5.74, 6) is 1.15. The van der Waals surface area contributed by atoms with Crippen molar-refractivity contribution in [3.8, 4) is 0 Å². The van der Waals surface area contributed by atoms with Gasteiger partial charge in [0.25, 0.3) is 0 Å². The Hall–Kier alpha value is -0.830. The third-order valence-corrected chi connectivity index (χ3v) is 3.59. The van der Waals surface area contributed by atoms with Crippen LogP contribution in [0.25, 0.3) is 0 Å². The quantitative estimate of drug-likeness (QED) is 0.859. The van der Waals surface area contributed by atoms with Crippen LogP contribution in [0.5, 0.6) is 0 Å². The molecule has 1 aliphatic rings. The predicted molar refractivity (Wildman–Crippen MR) is 77.9 cm³/mol. The summed E-state index contributed by atoms with van der Waals surface area (Å²) in [5.41, 5.74) is 2.54. The molecule has 0 aliphatic carbocycles. The van der Waals surface area contributed by atoms with Crippen LogP contribution in [0.1, 0.15) is 38.2 Å². The monoisotopic (exact) mass is 294 g/mol. The molecule has 1 aliphatic heterocycles. The van der Waals surface area contributed by atoms with Gasteiger partial charge in [0.2, 0.25) is 0 Å². The summed E-state index contributed by atoms with van der Waals surface area (Å²) in [7, 11) is 0. The van der Waals surface area contributed by atoms with E-state index in [2.05, 4.69) is 51.4 Å². The van der Waals surface area contributed by atoms with Gasteiger partial charge in [-0.3, -0.25) is 4.99 Å². The number of hydrogen-bond donors (Lipinski definition) is 1. The van der Waals surface area contributed by atoms with E-state index >= 15 is 0 Å². The van der Waals surface area contributed by atoms with Crippen molar-refractivity contribution in [1.82, 2.24) is 0 Å². The van der Waals surface area contributed by atoms with Crippen LogP contribution in [0.15, 0.2) is 27.7 Å². The van der Waals surface area contributed by atoms with Crippen molar-refractivity contribution in [1.29, 1.82) is 0 Å². The molecule has 1 N–H and O–H groups in total. The van der Waals surface area contributed by atoms with Gasteiger partial charge in [-0.25, -0.2) is 0 Å². The standard InChI is InChI=1S/C14H19BrN2/c1-2-11-10-12(15)7-8-13(11)17-14-6-4-3-5-9-16-14/h7-8,10H,2-6,9H2,1H3,(H,16,17). The Bertz CT molecular complexity index is 413. The van der Waals surface area contributed by atoms with Gasteiger partial charge in [0.05, 0.1) is 0 Å². The average Bonchev–Trinajstić information content (AvgIpc) is 2.60. The van der Waals surface area contributed by atoms with Gasteiger partial charge >= 0.3 is 0 Å². The number of anilines is 1. The number of amidine groups is 1. The molecule has 0 radical (unpaired) electrons. The third kappa shape index (κ3) is 3.56. The minimum absolute atomic E-state index is 0.973. The maximum absolute atomic E-state index is 4.61. The maximum Gasteiger partial charge on any atom is 0.101 e. The summed E-state index contributed by atoms with van der Waals surface area (Å²) in [6.07, 6.45) is 5.90. The first-order valence-corrected chi connectivity index (χ1v) is 7.17. The summed E-state index contributed by atoms with van der Waals surface area (Å²) in [4.78, 5) is 4.61. The first-order chi connectivity index (χ1) is 8.29. The number of benzene rings is 1. The van der Waals surface area contributed by atoms with Crippen LogP contribution in [-0.4, -0.2) is 12.4 Å². The van der Waals surface area contributed by atoms with E-state index in [1.807, 2.05) is 0 Å². The van der Waals surface area contributed by atoms with Crippen LogP contribution in [0.4, 0.5) is 5.69 Å². The summed E-state index contributed by atoms with van der Waals surface area (Å²) < 4.78 is 1.14. The molecular formula is C14H19BrN2. The molecule has 0 aromatic heterocycles. The molecule has 0 atom stereocenters. The Morgan fingerprint density at radius 3 is 3.00 bits per heavy atom. The zero-order chi connectivity index (χ0) is 12.1. The lowest BCUT2D eigenvalue weighted by Gasteiger charge is -2.12. The molecule has 0 unspecified atom stereocenters. The maximum atomic E-state index is 4.61. The van der Waals surface area contributed by atoms with Crippen molar-refractivity contribution in [2.75, 3.05) is 11.9 Å². The number of nitrogens with zero attached hydrogens (tertiary/aromatic N) is 1. The molecule has 1 aromatic rings. The lowest BCUT2D eigenvalue weighted by Crippen LogP contribution is -2.12. The Morgan fingerprint density at radius 1 is 1.29 bits per heavy atom. The second kappa shape index (κ2) is 6.20. The fourth-order valence-electron chi connectivity index (χ4n) is 2.11. The molecule has 0 bridgehead atoms. The van der Waals surface area contributed by atoms with Crippen molar-refractivity contribution >= 4 is 27.5 Å². The number of rotatable bonds is 2. The van der Waals surface area contributed by atoms with Gasteiger partial charge in [0.1, 0.15) is 5.84 Å². The van der Waals surface area contributed by atoms with Gasteiger partial charge < -0.3 is 5.32 Å². The topological polar surface area (TPSA) is 24.4 Å². The molecule has 2 rings (SSSR count). The number of nitrogens with one attached hydrogen (secondary N) is 1. The average molecular weight is 295 g/mol. The Labute approximate surface area is 112 Å². The number of hydrogen-bond acceptors (Lipinski definition) is 2. The highest BCUT2D eigenvalue weighted by Crippen LogP contribution is 2.22. The molecule has 92 valence electrons. The summed E-state index contributed by atoms with van der Waals surface area (Å²) >= 11 is 3.52. The molecular weight excluding hydrogens is 276 g/mol. The van der Waals surface area contributed by atoms with Crippen LogP contribution in [-0.2, 0) is 6.42 Å². The van der Waals surface area contributed by atoms with E-state index < -0.39 is 0 Å². The van der Waals surface area contributed by atoms with Crippen molar-refractivity contribution in [3.63, 3.8) is 0 Å². The van der Waals surface area contributed by atoms with Crippen LogP contribution in [0, 0.1) is 0 Å². The first-order valence-electron chi connectivity index (χ1n) is 6.38. The van der Waals surface area contributed by atoms with E-state index in [4.69, 9.17) is 0 Å². The fourth-order valence-corrected chi connectivity index (χ4v) is 2.52. The summed E-state index contributed by atoms with van der Waals surface area (Å²) in [6.45, 7) is 3.15. The Kier molecular flexibility index (Phi) is 4.60.